The molecular weight excluding hydrogens is 318 g/mol. The Morgan fingerprint density at radius 3 is 2.12 bits per heavy atom. The van der Waals surface area contributed by atoms with Crippen LogP contribution in [0.3, 0.4) is 0 Å². The van der Waals surface area contributed by atoms with Gasteiger partial charge < -0.3 is 24.8 Å². The highest BCUT2D eigenvalue weighted by atomic mass is 16.5. The molecule has 6 heteroatoms. The van der Waals surface area contributed by atoms with E-state index in [1.807, 2.05) is 12.1 Å². The second kappa shape index (κ2) is 8.83. The number of guanidine groups is 1. The topological polar surface area (TPSA) is 64.1 Å². The fourth-order valence-electron chi connectivity index (χ4n) is 3.52. The summed E-state index contributed by atoms with van der Waals surface area (Å²) in [6.45, 7) is 3.22. The summed E-state index contributed by atoms with van der Waals surface area (Å²) in [6.07, 6.45) is 6.43. The van der Waals surface area contributed by atoms with Gasteiger partial charge in [0.15, 0.2) is 17.5 Å². The Kier molecular flexibility index (Phi) is 6.79. The zero-order chi connectivity index (χ0) is 18.3. The summed E-state index contributed by atoms with van der Waals surface area (Å²) in [5, 5.41) is 6.80. The van der Waals surface area contributed by atoms with Gasteiger partial charge in [-0.05, 0) is 24.7 Å². The number of ether oxygens (including phenoxy) is 3. The van der Waals surface area contributed by atoms with Gasteiger partial charge in [-0.15, -0.1) is 0 Å². The van der Waals surface area contributed by atoms with Gasteiger partial charge in [0.25, 0.3) is 0 Å². The van der Waals surface area contributed by atoms with E-state index >= 15 is 0 Å². The molecule has 0 heterocycles. The lowest BCUT2D eigenvalue weighted by molar-refractivity contribution is 0.284. The molecule has 0 saturated heterocycles. The third kappa shape index (κ3) is 4.50. The number of aliphatic imine (C=N–C) groups is 1. The molecule has 0 aromatic heterocycles. The second-order valence-electron chi connectivity index (χ2n) is 6.53. The van der Waals surface area contributed by atoms with Crippen molar-refractivity contribution in [2.24, 2.45) is 10.4 Å². The van der Waals surface area contributed by atoms with E-state index in [1.165, 1.54) is 32.1 Å². The van der Waals surface area contributed by atoms with Gasteiger partial charge in [0.2, 0.25) is 5.75 Å². The van der Waals surface area contributed by atoms with Crippen molar-refractivity contribution in [2.45, 2.75) is 39.0 Å². The average Bonchev–Trinajstić information content (AvgIpc) is 3.13. The van der Waals surface area contributed by atoms with Gasteiger partial charge in [0, 0.05) is 31.4 Å². The smallest absolute Gasteiger partial charge is 0.203 e. The standard InChI is InChI=1S/C19H31N3O3/c1-6-19(9-7-8-10-19)13-21-18(20-2)22-14-11-15(23-3)17(25-5)16(12-14)24-4/h11-12H,6-10,13H2,1-5H3,(H2,20,21,22). The molecule has 1 aromatic rings. The van der Waals surface area contributed by atoms with E-state index in [-0.39, 0.29) is 0 Å². The van der Waals surface area contributed by atoms with E-state index < -0.39 is 0 Å². The normalized spacial score (nSPS) is 16.4. The summed E-state index contributed by atoms with van der Waals surface area (Å²) in [5.74, 6) is 2.55. The molecule has 2 N–H and O–H groups in total. The minimum atomic E-state index is 0.396. The van der Waals surface area contributed by atoms with Gasteiger partial charge in [-0.3, -0.25) is 4.99 Å². The van der Waals surface area contributed by atoms with Gasteiger partial charge in [-0.25, -0.2) is 0 Å². The molecule has 140 valence electrons. The summed E-state index contributed by atoms with van der Waals surface area (Å²) in [6, 6.07) is 3.75. The minimum Gasteiger partial charge on any atom is -0.493 e. The Morgan fingerprint density at radius 2 is 1.68 bits per heavy atom. The first-order valence-electron chi connectivity index (χ1n) is 8.89. The molecule has 0 unspecified atom stereocenters. The molecular formula is C19H31N3O3. The molecule has 1 aliphatic carbocycles. The van der Waals surface area contributed by atoms with Crippen LogP contribution < -0.4 is 24.8 Å². The molecule has 6 nitrogen and oxygen atoms in total. The highest BCUT2D eigenvalue weighted by Gasteiger charge is 2.31. The lowest BCUT2D eigenvalue weighted by atomic mass is 9.83. The average molecular weight is 349 g/mol. The quantitative estimate of drug-likeness (QED) is 0.581. The summed E-state index contributed by atoms with van der Waals surface area (Å²) in [7, 11) is 6.60. The molecule has 0 spiro atoms. The fourth-order valence-corrected chi connectivity index (χ4v) is 3.52. The molecule has 2 rings (SSSR count). The molecule has 1 fully saturated rings. The summed E-state index contributed by atoms with van der Waals surface area (Å²) in [5.41, 5.74) is 1.23. The van der Waals surface area contributed by atoms with E-state index in [1.54, 1.807) is 28.4 Å². The Hall–Kier alpha value is -2.11. The molecule has 0 radical (unpaired) electrons. The predicted molar refractivity (Wildman–Crippen MR) is 102 cm³/mol. The number of nitrogens with zero attached hydrogens (tertiary/aromatic N) is 1. The van der Waals surface area contributed by atoms with Crippen molar-refractivity contribution in [3.05, 3.63) is 12.1 Å². The van der Waals surface area contributed by atoms with E-state index in [0.29, 0.717) is 22.7 Å². The van der Waals surface area contributed by atoms with E-state index in [0.717, 1.165) is 18.2 Å². The zero-order valence-electron chi connectivity index (χ0n) is 16.1. The van der Waals surface area contributed by atoms with Gasteiger partial charge in [-0.1, -0.05) is 19.8 Å². The molecule has 1 aromatic carbocycles. The van der Waals surface area contributed by atoms with E-state index in [9.17, 15) is 0 Å². The van der Waals surface area contributed by atoms with Gasteiger partial charge in [0.05, 0.1) is 21.3 Å². The molecule has 0 aliphatic heterocycles. The number of anilines is 1. The van der Waals surface area contributed by atoms with Gasteiger partial charge in [0.1, 0.15) is 0 Å². The van der Waals surface area contributed by atoms with Crippen LogP contribution in [0.4, 0.5) is 5.69 Å². The third-order valence-corrected chi connectivity index (χ3v) is 5.20. The highest BCUT2D eigenvalue weighted by molar-refractivity contribution is 5.94. The van der Waals surface area contributed by atoms with Crippen molar-refractivity contribution >= 4 is 11.6 Å². The maximum absolute atomic E-state index is 5.40. The van der Waals surface area contributed by atoms with Crippen LogP contribution in [0.1, 0.15) is 39.0 Å². The van der Waals surface area contributed by atoms with Crippen LogP contribution in [0.25, 0.3) is 0 Å². The molecule has 0 amide bonds. The lowest BCUT2D eigenvalue weighted by Crippen LogP contribution is -2.39. The van der Waals surface area contributed by atoms with Crippen molar-refractivity contribution in [1.29, 1.82) is 0 Å². The molecule has 1 saturated carbocycles. The lowest BCUT2D eigenvalue weighted by Gasteiger charge is -2.28. The molecule has 0 atom stereocenters. The SMILES string of the molecule is CCC1(CNC(=NC)Nc2cc(OC)c(OC)c(OC)c2)CCCC1. The number of methoxy groups -OCH3 is 3. The van der Waals surface area contributed by atoms with Crippen molar-refractivity contribution in [2.75, 3.05) is 40.2 Å². The van der Waals surface area contributed by atoms with Crippen LogP contribution >= 0.6 is 0 Å². The van der Waals surface area contributed by atoms with E-state index in [4.69, 9.17) is 14.2 Å². The van der Waals surface area contributed by atoms with Crippen LogP contribution in [-0.2, 0) is 0 Å². The van der Waals surface area contributed by atoms with Crippen molar-refractivity contribution in [1.82, 2.24) is 5.32 Å². The molecule has 25 heavy (non-hydrogen) atoms. The van der Waals surface area contributed by atoms with Crippen LogP contribution in [0.15, 0.2) is 17.1 Å². The zero-order valence-corrected chi connectivity index (χ0v) is 16.1. The predicted octanol–water partition coefficient (Wildman–Crippen LogP) is 3.67. The monoisotopic (exact) mass is 349 g/mol. The fraction of sp³-hybridized carbons (Fsp3) is 0.632. The number of rotatable bonds is 7. The first-order valence-corrected chi connectivity index (χ1v) is 8.89. The second-order valence-corrected chi connectivity index (χ2v) is 6.53. The number of hydrogen-bond donors (Lipinski definition) is 2. The number of hydrogen-bond acceptors (Lipinski definition) is 4. The van der Waals surface area contributed by atoms with Crippen molar-refractivity contribution in [3.63, 3.8) is 0 Å². The van der Waals surface area contributed by atoms with Crippen LogP contribution in [0.5, 0.6) is 17.2 Å². The van der Waals surface area contributed by atoms with Crippen molar-refractivity contribution in [3.8, 4) is 17.2 Å². The third-order valence-electron chi connectivity index (χ3n) is 5.20. The van der Waals surface area contributed by atoms with Crippen LogP contribution in [0, 0.1) is 5.41 Å². The molecule has 0 bridgehead atoms. The number of benzene rings is 1. The number of nitrogens with one attached hydrogen (secondary N) is 2. The van der Waals surface area contributed by atoms with Gasteiger partial charge >= 0.3 is 0 Å². The summed E-state index contributed by atoms with van der Waals surface area (Å²) < 4.78 is 16.2. The Labute approximate surface area is 151 Å². The summed E-state index contributed by atoms with van der Waals surface area (Å²) >= 11 is 0. The maximum Gasteiger partial charge on any atom is 0.203 e. The Morgan fingerprint density at radius 1 is 1.08 bits per heavy atom. The first-order chi connectivity index (χ1) is 12.1. The largest absolute Gasteiger partial charge is 0.493 e. The maximum atomic E-state index is 5.40. The van der Waals surface area contributed by atoms with Crippen molar-refractivity contribution < 1.29 is 14.2 Å². The highest BCUT2D eigenvalue weighted by Crippen LogP contribution is 2.41. The van der Waals surface area contributed by atoms with Crippen LogP contribution in [0.2, 0.25) is 0 Å². The van der Waals surface area contributed by atoms with Crippen LogP contribution in [-0.4, -0.2) is 40.9 Å². The van der Waals surface area contributed by atoms with Gasteiger partial charge in [-0.2, -0.15) is 0 Å². The minimum absolute atomic E-state index is 0.396. The molecule has 1 aliphatic rings. The summed E-state index contributed by atoms with van der Waals surface area (Å²) in [4.78, 5) is 4.34. The Bertz CT molecular complexity index is 571. The first kappa shape index (κ1) is 19.2. The van der Waals surface area contributed by atoms with E-state index in [2.05, 4.69) is 22.5 Å². The Balaban J connectivity index is 2.11.